The zero-order chi connectivity index (χ0) is 12.4. The number of rotatable bonds is 4. The first-order valence-electron chi connectivity index (χ1n) is 5.27. The lowest BCUT2D eigenvalue weighted by Crippen LogP contribution is -2.42. The third-order valence-corrected chi connectivity index (χ3v) is 3.78. The van der Waals surface area contributed by atoms with Gasteiger partial charge in [-0.05, 0) is 29.4 Å². The first kappa shape index (κ1) is 12.0. The van der Waals surface area contributed by atoms with Gasteiger partial charge >= 0.3 is 5.97 Å². The largest absolute Gasteiger partial charge is 0.480 e. The Morgan fingerprint density at radius 2 is 2.18 bits per heavy atom. The maximum Gasteiger partial charge on any atom is 0.322 e. The first-order valence-corrected chi connectivity index (χ1v) is 6.15. The number of carboxylic acid groups (broad SMARTS) is 1. The van der Waals surface area contributed by atoms with Crippen LogP contribution in [0.3, 0.4) is 0 Å². The summed E-state index contributed by atoms with van der Waals surface area (Å²) < 4.78 is 1.14. The Balaban J connectivity index is 2.47. The maximum atomic E-state index is 11.0. The molecule has 0 saturated carbocycles. The molecule has 0 spiro atoms. The van der Waals surface area contributed by atoms with E-state index in [-0.39, 0.29) is 6.04 Å². The second-order valence-corrected chi connectivity index (χ2v) is 4.73. The number of thiophene rings is 1. The number of likely N-dealkylation sites (N-methyl/N-ethyl adjacent to an activating group) is 1. The van der Waals surface area contributed by atoms with Crippen molar-refractivity contribution < 1.29 is 9.90 Å². The zero-order valence-corrected chi connectivity index (χ0v) is 10.2. The highest BCUT2D eigenvalue weighted by Crippen LogP contribution is 2.31. The molecular formula is C12H14N2O2S. The van der Waals surface area contributed by atoms with Crippen LogP contribution in [0.25, 0.3) is 10.1 Å². The molecule has 1 aromatic heterocycles. The van der Waals surface area contributed by atoms with E-state index in [2.05, 4.69) is 5.32 Å². The van der Waals surface area contributed by atoms with Crippen molar-refractivity contribution in [1.29, 1.82) is 0 Å². The monoisotopic (exact) mass is 250 g/mol. The number of benzene rings is 1. The molecule has 4 nitrogen and oxygen atoms in total. The summed E-state index contributed by atoms with van der Waals surface area (Å²) in [6.07, 6.45) is 0. The van der Waals surface area contributed by atoms with Gasteiger partial charge in [-0.15, -0.1) is 11.3 Å². The minimum Gasteiger partial charge on any atom is -0.480 e. The highest BCUT2D eigenvalue weighted by molar-refractivity contribution is 7.17. The molecule has 4 N–H and O–H groups in total. The molecule has 2 atom stereocenters. The SMILES string of the molecule is CNC(c1csc2ccccc12)C(N)C(=O)O. The Labute approximate surface area is 103 Å². The van der Waals surface area contributed by atoms with Gasteiger partial charge in [0.15, 0.2) is 0 Å². The molecule has 2 rings (SSSR count). The van der Waals surface area contributed by atoms with E-state index in [1.54, 1.807) is 18.4 Å². The molecule has 0 bridgehead atoms. The molecule has 2 aromatic rings. The Bertz CT molecular complexity index is 538. The molecule has 0 aliphatic heterocycles. The fourth-order valence-corrected chi connectivity index (χ4v) is 2.91. The van der Waals surface area contributed by atoms with E-state index in [9.17, 15) is 4.79 Å². The second-order valence-electron chi connectivity index (χ2n) is 3.82. The topological polar surface area (TPSA) is 75.3 Å². The van der Waals surface area contributed by atoms with Crippen LogP contribution in [0, 0.1) is 0 Å². The summed E-state index contributed by atoms with van der Waals surface area (Å²) in [4.78, 5) is 11.0. The summed E-state index contributed by atoms with van der Waals surface area (Å²) >= 11 is 1.60. The van der Waals surface area contributed by atoms with E-state index < -0.39 is 12.0 Å². The summed E-state index contributed by atoms with van der Waals surface area (Å²) in [7, 11) is 1.72. The third kappa shape index (κ3) is 2.17. The molecule has 2 unspecified atom stereocenters. The average Bonchev–Trinajstić information content (AvgIpc) is 2.74. The lowest BCUT2D eigenvalue weighted by atomic mass is 9.99. The van der Waals surface area contributed by atoms with Crippen molar-refractivity contribution in [2.45, 2.75) is 12.1 Å². The van der Waals surface area contributed by atoms with Crippen LogP contribution in [-0.4, -0.2) is 24.2 Å². The standard InChI is InChI=1S/C12H14N2O2S/c1-14-11(10(13)12(15)16)8-6-17-9-5-3-2-4-7(8)9/h2-6,10-11,14H,13H2,1H3,(H,15,16). The van der Waals surface area contributed by atoms with Crippen LogP contribution in [0.5, 0.6) is 0 Å². The quantitative estimate of drug-likeness (QED) is 0.770. The molecule has 17 heavy (non-hydrogen) atoms. The highest BCUT2D eigenvalue weighted by atomic mass is 32.1. The van der Waals surface area contributed by atoms with Crippen LogP contribution >= 0.6 is 11.3 Å². The second kappa shape index (κ2) is 4.83. The lowest BCUT2D eigenvalue weighted by molar-refractivity contribution is -0.139. The number of fused-ring (bicyclic) bond motifs is 1. The molecule has 0 aliphatic carbocycles. The van der Waals surface area contributed by atoms with E-state index in [1.807, 2.05) is 29.6 Å². The van der Waals surface area contributed by atoms with E-state index >= 15 is 0 Å². The molecule has 0 saturated heterocycles. The van der Waals surface area contributed by atoms with Gasteiger partial charge in [0.1, 0.15) is 6.04 Å². The summed E-state index contributed by atoms with van der Waals surface area (Å²) in [6, 6.07) is 6.59. The van der Waals surface area contributed by atoms with E-state index in [0.29, 0.717) is 0 Å². The van der Waals surface area contributed by atoms with E-state index in [0.717, 1.165) is 15.6 Å². The predicted octanol–water partition coefficient (Wildman–Crippen LogP) is 1.57. The number of carboxylic acids is 1. The molecule has 0 amide bonds. The summed E-state index contributed by atoms with van der Waals surface area (Å²) in [5.41, 5.74) is 6.64. The van der Waals surface area contributed by atoms with Crippen molar-refractivity contribution in [3.63, 3.8) is 0 Å². The summed E-state index contributed by atoms with van der Waals surface area (Å²) in [5.74, 6) is -1.00. The summed E-state index contributed by atoms with van der Waals surface area (Å²) in [6.45, 7) is 0. The average molecular weight is 250 g/mol. The third-order valence-electron chi connectivity index (χ3n) is 2.80. The van der Waals surface area contributed by atoms with Crippen molar-refractivity contribution in [3.8, 4) is 0 Å². The highest BCUT2D eigenvalue weighted by Gasteiger charge is 2.26. The Morgan fingerprint density at radius 3 is 2.82 bits per heavy atom. The Hall–Kier alpha value is -1.43. The minimum absolute atomic E-state index is 0.372. The maximum absolute atomic E-state index is 11.0. The van der Waals surface area contributed by atoms with Gasteiger partial charge in [0, 0.05) is 4.70 Å². The molecular weight excluding hydrogens is 236 g/mol. The van der Waals surface area contributed by atoms with Gasteiger partial charge in [-0.2, -0.15) is 0 Å². The molecule has 1 aromatic carbocycles. The normalized spacial score (nSPS) is 14.7. The molecule has 0 aliphatic rings. The van der Waals surface area contributed by atoms with Gasteiger partial charge in [0.05, 0.1) is 6.04 Å². The smallest absolute Gasteiger partial charge is 0.322 e. The number of nitrogens with two attached hydrogens (primary N) is 1. The molecule has 5 heteroatoms. The molecule has 0 fully saturated rings. The van der Waals surface area contributed by atoms with E-state index in [1.165, 1.54) is 0 Å². The van der Waals surface area contributed by atoms with Gasteiger partial charge in [0.2, 0.25) is 0 Å². The zero-order valence-electron chi connectivity index (χ0n) is 9.38. The van der Waals surface area contributed by atoms with Crippen LogP contribution in [0.2, 0.25) is 0 Å². The van der Waals surface area contributed by atoms with Crippen molar-refractivity contribution in [3.05, 3.63) is 35.2 Å². The number of aliphatic carboxylic acids is 1. The molecule has 0 radical (unpaired) electrons. The lowest BCUT2D eigenvalue weighted by Gasteiger charge is -2.19. The minimum atomic E-state index is -1.00. The first-order chi connectivity index (χ1) is 8.15. The number of carbonyl (C=O) groups is 1. The van der Waals surface area contributed by atoms with Crippen molar-refractivity contribution in [2.24, 2.45) is 5.73 Å². The molecule has 1 heterocycles. The number of hydrogen-bond donors (Lipinski definition) is 3. The van der Waals surface area contributed by atoms with Crippen LogP contribution in [0.4, 0.5) is 0 Å². The Kier molecular flexibility index (Phi) is 3.42. The van der Waals surface area contributed by atoms with Crippen LogP contribution in [-0.2, 0) is 4.79 Å². The van der Waals surface area contributed by atoms with Crippen molar-refractivity contribution in [1.82, 2.24) is 5.32 Å². The number of hydrogen-bond acceptors (Lipinski definition) is 4. The predicted molar refractivity (Wildman–Crippen MR) is 69.2 cm³/mol. The van der Waals surface area contributed by atoms with Crippen LogP contribution < -0.4 is 11.1 Å². The van der Waals surface area contributed by atoms with Crippen LogP contribution in [0.15, 0.2) is 29.6 Å². The fraction of sp³-hybridized carbons (Fsp3) is 0.250. The summed E-state index contributed by atoms with van der Waals surface area (Å²) in [5, 5.41) is 15.0. The van der Waals surface area contributed by atoms with Gasteiger partial charge in [-0.3, -0.25) is 4.79 Å². The van der Waals surface area contributed by atoms with Crippen molar-refractivity contribution in [2.75, 3.05) is 7.05 Å². The Morgan fingerprint density at radius 1 is 1.47 bits per heavy atom. The van der Waals surface area contributed by atoms with Crippen molar-refractivity contribution >= 4 is 27.4 Å². The van der Waals surface area contributed by atoms with Gasteiger partial charge < -0.3 is 16.2 Å². The number of nitrogens with one attached hydrogen (secondary N) is 1. The fourth-order valence-electron chi connectivity index (χ4n) is 1.91. The van der Waals surface area contributed by atoms with Gasteiger partial charge in [-0.1, -0.05) is 18.2 Å². The van der Waals surface area contributed by atoms with Gasteiger partial charge in [0.25, 0.3) is 0 Å². The molecule has 90 valence electrons. The van der Waals surface area contributed by atoms with E-state index in [4.69, 9.17) is 10.8 Å². The van der Waals surface area contributed by atoms with Gasteiger partial charge in [-0.25, -0.2) is 0 Å². The van der Waals surface area contributed by atoms with Crippen LogP contribution in [0.1, 0.15) is 11.6 Å².